The third-order valence-corrected chi connectivity index (χ3v) is 7.92. The van der Waals surface area contributed by atoms with E-state index >= 15 is 0 Å². The van der Waals surface area contributed by atoms with Crippen molar-refractivity contribution in [1.82, 2.24) is 14.9 Å². The number of fused-ring (bicyclic) bond motifs is 1. The highest BCUT2D eigenvalue weighted by molar-refractivity contribution is 7.17. The molecule has 0 spiro atoms. The molecule has 10 nitrogen and oxygen atoms in total. The minimum absolute atomic E-state index is 0. The number of nitrogens with one attached hydrogen (secondary N) is 2. The summed E-state index contributed by atoms with van der Waals surface area (Å²) in [7, 11) is 1.71. The number of hydrogen-bond donors (Lipinski definition) is 3. The van der Waals surface area contributed by atoms with Gasteiger partial charge in [0.15, 0.2) is 8.69 Å². The zero-order valence-corrected chi connectivity index (χ0v) is 25.4. The van der Waals surface area contributed by atoms with Crippen LogP contribution >= 0.6 is 21.1 Å². The van der Waals surface area contributed by atoms with Gasteiger partial charge in [-0.1, -0.05) is 12.1 Å². The predicted molar refractivity (Wildman–Crippen MR) is 158 cm³/mol. The number of aliphatic hydroxyl groups excluding tert-OH is 1. The van der Waals surface area contributed by atoms with E-state index in [0.29, 0.717) is 48.1 Å². The highest BCUT2D eigenvalue weighted by Gasteiger charge is 2.37. The Morgan fingerprint density at radius 1 is 1.12 bits per heavy atom. The number of carbonyl (C=O) groups excluding carboxylic acids is 1. The van der Waals surface area contributed by atoms with Crippen LogP contribution in [0.2, 0.25) is 0 Å². The second-order valence-electron chi connectivity index (χ2n) is 10.4. The molecule has 2 heterocycles. The predicted octanol–water partition coefficient (Wildman–Crippen LogP) is 6.21. The van der Waals surface area contributed by atoms with Crippen molar-refractivity contribution in [1.29, 1.82) is 0 Å². The molecule has 0 radical (unpaired) electrons. The van der Waals surface area contributed by atoms with Crippen LogP contribution in [0.25, 0.3) is 0 Å². The second kappa shape index (κ2) is 13.5. The SMILES string of the molecule is COc1cc(CO[PH2]=O)ccc1Nc1ncc(C(F)(F)F)c(Nc2ccc(C3CCC(O)CC3)c3c2C(=O)N(C)C3)n1.Cl. The van der Waals surface area contributed by atoms with Gasteiger partial charge in [0.05, 0.1) is 36.8 Å². The number of methoxy groups -OCH3 is 1. The Morgan fingerprint density at radius 3 is 2.51 bits per heavy atom. The van der Waals surface area contributed by atoms with E-state index in [1.807, 2.05) is 6.07 Å². The van der Waals surface area contributed by atoms with Crippen LogP contribution in [0.15, 0.2) is 36.5 Å². The van der Waals surface area contributed by atoms with Gasteiger partial charge in [0.25, 0.3) is 5.91 Å². The third-order valence-electron chi connectivity index (χ3n) is 7.62. The molecular formula is C28H32ClF3N5O5P. The molecule has 1 aliphatic heterocycles. The zero-order chi connectivity index (χ0) is 30.0. The van der Waals surface area contributed by atoms with Crippen LogP contribution in [-0.2, 0) is 28.4 Å². The number of aromatic nitrogens is 2. The van der Waals surface area contributed by atoms with Gasteiger partial charge >= 0.3 is 6.18 Å². The Kier molecular flexibility index (Phi) is 10.2. The molecule has 1 amide bonds. The van der Waals surface area contributed by atoms with E-state index in [1.165, 1.54) is 12.0 Å². The molecule has 1 aromatic heterocycles. The minimum Gasteiger partial charge on any atom is -0.495 e. The fraction of sp³-hybridized carbons (Fsp3) is 0.393. The van der Waals surface area contributed by atoms with Crippen LogP contribution in [0.4, 0.5) is 36.3 Å². The molecule has 3 N–H and O–H groups in total. The van der Waals surface area contributed by atoms with Gasteiger partial charge in [-0.25, -0.2) is 4.98 Å². The zero-order valence-electron chi connectivity index (χ0n) is 23.4. The summed E-state index contributed by atoms with van der Waals surface area (Å²) in [5.41, 5.74) is 2.29. The first-order valence-electron chi connectivity index (χ1n) is 13.4. The van der Waals surface area contributed by atoms with E-state index in [2.05, 4.69) is 20.6 Å². The molecule has 1 unspecified atom stereocenters. The number of alkyl halides is 3. The Labute approximate surface area is 253 Å². The molecule has 232 valence electrons. The van der Waals surface area contributed by atoms with Crippen molar-refractivity contribution in [3.8, 4) is 5.75 Å². The maximum Gasteiger partial charge on any atom is 0.421 e. The van der Waals surface area contributed by atoms with Crippen LogP contribution < -0.4 is 15.4 Å². The number of hydrogen-bond acceptors (Lipinski definition) is 9. The van der Waals surface area contributed by atoms with Crippen LogP contribution in [0, 0.1) is 0 Å². The number of aliphatic hydroxyl groups is 1. The van der Waals surface area contributed by atoms with Gasteiger partial charge in [-0.15, -0.1) is 12.4 Å². The average molecular weight is 642 g/mol. The summed E-state index contributed by atoms with van der Waals surface area (Å²) in [5, 5.41) is 15.6. The van der Waals surface area contributed by atoms with Gasteiger partial charge in [-0.3, -0.25) is 9.36 Å². The molecule has 5 rings (SSSR count). The maximum absolute atomic E-state index is 14.0. The summed E-state index contributed by atoms with van der Waals surface area (Å²) in [4.78, 5) is 22.7. The molecule has 0 saturated heterocycles. The van der Waals surface area contributed by atoms with Crippen LogP contribution in [0.1, 0.15) is 64.2 Å². The normalized spacial score (nSPS) is 18.5. The van der Waals surface area contributed by atoms with E-state index in [4.69, 9.17) is 9.26 Å². The van der Waals surface area contributed by atoms with Crippen molar-refractivity contribution in [2.75, 3.05) is 24.8 Å². The molecule has 1 saturated carbocycles. The molecule has 3 aromatic rings. The number of anilines is 4. The van der Waals surface area contributed by atoms with Crippen LogP contribution in [0.5, 0.6) is 5.75 Å². The summed E-state index contributed by atoms with van der Waals surface area (Å²) in [6.45, 7) is 0.456. The Balaban J connectivity index is 0.00000423. The van der Waals surface area contributed by atoms with Gasteiger partial charge in [0.1, 0.15) is 17.1 Å². The van der Waals surface area contributed by atoms with Crippen molar-refractivity contribution >= 4 is 50.1 Å². The van der Waals surface area contributed by atoms with Crippen molar-refractivity contribution < 1.29 is 36.9 Å². The van der Waals surface area contributed by atoms with Crippen molar-refractivity contribution in [3.05, 3.63) is 64.3 Å². The number of carbonyl (C=O) groups is 1. The van der Waals surface area contributed by atoms with E-state index in [1.54, 1.807) is 31.3 Å². The van der Waals surface area contributed by atoms with Gasteiger partial charge in [-0.2, -0.15) is 18.2 Å². The second-order valence-corrected chi connectivity index (χ2v) is 10.9. The summed E-state index contributed by atoms with van der Waals surface area (Å²) in [6.07, 6.45) is -1.55. The molecule has 1 aliphatic carbocycles. The number of amides is 1. The molecule has 2 aliphatic rings. The number of ether oxygens (including phenoxy) is 1. The van der Waals surface area contributed by atoms with E-state index < -0.39 is 26.2 Å². The molecule has 15 heteroatoms. The summed E-state index contributed by atoms with van der Waals surface area (Å²) in [5.74, 6) is -0.425. The topological polar surface area (TPSA) is 126 Å². The Hall–Kier alpha value is -3.38. The van der Waals surface area contributed by atoms with Gasteiger partial charge < -0.3 is 29.9 Å². The van der Waals surface area contributed by atoms with E-state index in [0.717, 1.165) is 24.0 Å². The monoisotopic (exact) mass is 641 g/mol. The van der Waals surface area contributed by atoms with E-state index in [-0.39, 0.29) is 48.6 Å². The number of nitrogens with zero attached hydrogens (tertiary/aromatic N) is 3. The van der Waals surface area contributed by atoms with E-state index in [9.17, 15) is 27.6 Å². The molecule has 43 heavy (non-hydrogen) atoms. The lowest BCUT2D eigenvalue weighted by Crippen LogP contribution is -2.18. The largest absolute Gasteiger partial charge is 0.495 e. The first kappa shape index (κ1) is 32.5. The number of benzene rings is 2. The van der Waals surface area contributed by atoms with Gasteiger partial charge in [0.2, 0.25) is 5.95 Å². The fourth-order valence-electron chi connectivity index (χ4n) is 5.50. The lowest BCUT2D eigenvalue weighted by Gasteiger charge is -2.27. The van der Waals surface area contributed by atoms with Crippen LogP contribution in [0.3, 0.4) is 0 Å². The molecule has 1 fully saturated rings. The maximum atomic E-state index is 14.0. The summed E-state index contributed by atoms with van der Waals surface area (Å²) >= 11 is 0. The minimum atomic E-state index is -4.77. The van der Waals surface area contributed by atoms with Gasteiger partial charge in [0, 0.05) is 19.8 Å². The fourth-order valence-corrected chi connectivity index (χ4v) is 5.76. The van der Waals surface area contributed by atoms with Crippen LogP contribution in [-0.4, -0.2) is 46.1 Å². The third kappa shape index (κ3) is 7.06. The highest BCUT2D eigenvalue weighted by atomic mass is 35.5. The molecule has 0 bridgehead atoms. The van der Waals surface area contributed by atoms with Crippen molar-refractivity contribution in [3.63, 3.8) is 0 Å². The lowest BCUT2D eigenvalue weighted by molar-refractivity contribution is -0.137. The number of halogens is 4. The quantitative estimate of drug-likeness (QED) is 0.234. The average Bonchev–Trinajstić information content (AvgIpc) is 3.26. The highest BCUT2D eigenvalue weighted by Crippen LogP contribution is 2.42. The number of rotatable bonds is 9. The van der Waals surface area contributed by atoms with Crippen molar-refractivity contribution in [2.24, 2.45) is 0 Å². The Bertz CT molecular complexity index is 1500. The first-order valence-corrected chi connectivity index (χ1v) is 14.3. The standard InChI is InChI=1S/C28H31F3N5O5P.ClH/c1-36-13-19-18(16-4-6-17(37)7-5-16)8-10-22(24(19)26(36)38)33-25-20(28(29,30)31)12-32-27(35-25)34-21-9-3-15(14-41-42-39)11-23(21)40-2;/h3,8-12,16-17,37H,4-7,13-14,42H2,1-2H3,(H2,32,33,34,35);1H. The Morgan fingerprint density at radius 2 is 1.84 bits per heavy atom. The molecular weight excluding hydrogens is 610 g/mol. The molecule has 2 aromatic carbocycles. The molecule has 1 atom stereocenters. The first-order chi connectivity index (χ1) is 20.1. The smallest absolute Gasteiger partial charge is 0.421 e. The van der Waals surface area contributed by atoms with Crippen molar-refractivity contribution in [2.45, 2.75) is 57.0 Å². The van der Waals surface area contributed by atoms with Gasteiger partial charge in [-0.05, 0) is 66.5 Å². The summed E-state index contributed by atoms with van der Waals surface area (Å²) < 4.78 is 63.2. The lowest BCUT2D eigenvalue weighted by atomic mass is 9.80. The summed E-state index contributed by atoms with van der Waals surface area (Å²) in [6, 6.07) is 8.42.